The molecule has 1 rings (SSSR count). The van der Waals surface area contributed by atoms with E-state index in [0.717, 1.165) is 31.5 Å². The quantitative estimate of drug-likeness (QED) is 0.707. The van der Waals surface area contributed by atoms with Gasteiger partial charge in [0.25, 0.3) is 0 Å². The lowest BCUT2D eigenvalue weighted by Gasteiger charge is -2.30. The molecule has 0 bridgehead atoms. The van der Waals surface area contributed by atoms with Crippen LogP contribution >= 0.6 is 0 Å². The van der Waals surface area contributed by atoms with Crippen LogP contribution in [0, 0.1) is 0 Å². The van der Waals surface area contributed by atoms with Crippen molar-refractivity contribution in [2.75, 3.05) is 33.2 Å². The highest BCUT2D eigenvalue weighted by Gasteiger charge is 2.19. The molecule has 4 heteroatoms. The number of likely N-dealkylation sites (N-methyl/N-ethyl adjacent to an activating group) is 1. The molecule has 0 aliphatic carbocycles. The summed E-state index contributed by atoms with van der Waals surface area (Å²) < 4.78 is 0. The van der Waals surface area contributed by atoms with Gasteiger partial charge in [0.2, 0.25) is 5.91 Å². The molecule has 2 N–H and O–H groups in total. The molecule has 92 valence electrons. The van der Waals surface area contributed by atoms with Crippen LogP contribution in [0.2, 0.25) is 0 Å². The normalized spacial score (nSPS) is 18.4. The lowest BCUT2D eigenvalue weighted by atomic mass is 10.1. The molecule has 1 aliphatic heterocycles. The molecule has 1 saturated heterocycles. The first-order valence-corrected chi connectivity index (χ1v) is 5.85. The van der Waals surface area contributed by atoms with Crippen molar-refractivity contribution in [1.29, 1.82) is 0 Å². The first-order chi connectivity index (χ1) is 7.49. The van der Waals surface area contributed by atoms with Gasteiger partial charge in [-0.2, -0.15) is 0 Å². The second-order valence-electron chi connectivity index (χ2n) is 4.82. The fourth-order valence-electron chi connectivity index (χ4n) is 1.92. The van der Waals surface area contributed by atoms with E-state index in [0.29, 0.717) is 19.1 Å². The summed E-state index contributed by atoms with van der Waals surface area (Å²) in [5.41, 5.74) is 6.83. The average Bonchev–Trinajstić information content (AvgIpc) is 2.20. The second kappa shape index (κ2) is 6.01. The molecule has 1 heterocycles. The molecule has 1 amide bonds. The average molecular weight is 225 g/mol. The van der Waals surface area contributed by atoms with Crippen molar-refractivity contribution in [1.82, 2.24) is 9.80 Å². The fourth-order valence-corrected chi connectivity index (χ4v) is 1.92. The number of hydrogen-bond acceptors (Lipinski definition) is 3. The third-order valence-corrected chi connectivity index (χ3v) is 2.92. The third-order valence-electron chi connectivity index (χ3n) is 2.92. The van der Waals surface area contributed by atoms with Gasteiger partial charge < -0.3 is 10.6 Å². The largest absolute Gasteiger partial charge is 0.341 e. The first kappa shape index (κ1) is 13.2. The second-order valence-corrected chi connectivity index (χ2v) is 4.82. The van der Waals surface area contributed by atoms with E-state index in [2.05, 4.69) is 11.5 Å². The zero-order chi connectivity index (χ0) is 12.1. The molecule has 0 radical (unpaired) electrons. The molecule has 0 aromatic carbocycles. The molecule has 4 nitrogen and oxygen atoms in total. The number of rotatable bonds is 4. The summed E-state index contributed by atoms with van der Waals surface area (Å²) in [5.74, 6) is 0.165. The van der Waals surface area contributed by atoms with E-state index in [1.807, 2.05) is 14.0 Å². The van der Waals surface area contributed by atoms with Crippen molar-refractivity contribution in [2.45, 2.75) is 25.8 Å². The van der Waals surface area contributed by atoms with Gasteiger partial charge in [-0.3, -0.25) is 9.69 Å². The van der Waals surface area contributed by atoms with Crippen LogP contribution in [0.15, 0.2) is 12.2 Å². The highest BCUT2D eigenvalue weighted by Crippen LogP contribution is 2.08. The lowest BCUT2D eigenvalue weighted by Crippen LogP contribution is -2.45. The topological polar surface area (TPSA) is 49.6 Å². The molecular formula is C12H23N3O. The van der Waals surface area contributed by atoms with Crippen LogP contribution in [0.1, 0.15) is 19.8 Å². The molecule has 1 fully saturated rings. The highest BCUT2D eigenvalue weighted by atomic mass is 16.2. The van der Waals surface area contributed by atoms with E-state index in [4.69, 9.17) is 5.73 Å². The summed E-state index contributed by atoms with van der Waals surface area (Å²) in [4.78, 5) is 15.8. The molecule has 1 aliphatic rings. The molecule has 0 aromatic heterocycles. The van der Waals surface area contributed by atoms with E-state index >= 15 is 0 Å². The minimum atomic E-state index is 0.165. The number of hydrogen-bond donors (Lipinski definition) is 1. The Kier molecular flexibility index (Phi) is 4.96. The number of carbonyl (C=O) groups is 1. The number of nitrogens with zero attached hydrogens (tertiary/aromatic N) is 2. The van der Waals surface area contributed by atoms with Crippen LogP contribution in [0.3, 0.4) is 0 Å². The highest BCUT2D eigenvalue weighted by molar-refractivity contribution is 5.78. The Morgan fingerprint density at radius 3 is 2.56 bits per heavy atom. The zero-order valence-corrected chi connectivity index (χ0v) is 10.4. The number of carbonyl (C=O) groups excluding carboxylic acids is 1. The summed E-state index contributed by atoms with van der Waals surface area (Å²) in [6.45, 7) is 8.78. The number of nitrogens with two attached hydrogens (primary N) is 1. The lowest BCUT2D eigenvalue weighted by molar-refractivity contribution is -0.131. The number of piperidine rings is 1. The van der Waals surface area contributed by atoms with Crippen LogP contribution in [-0.4, -0.2) is 55.0 Å². The summed E-state index contributed by atoms with van der Waals surface area (Å²) in [6, 6.07) is 0.319. The van der Waals surface area contributed by atoms with Gasteiger partial charge >= 0.3 is 0 Å². The van der Waals surface area contributed by atoms with Crippen LogP contribution < -0.4 is 5.73 Å². The maximum Gasteiger partial charge on any atom is 0.236 e. The van der Waals surface area contributed by atoms with E-state index < -0.39 is 0 Å². The molecule has 0 aromatic rings. The van der Waals surface area contributed by atoms with Gasteiger partial charge in [0.1, 0.15) is 0 Å². The van der Waals surface area contributed by atoms with Crippen LogP contribution in [0.4, 0.5) is 0 Å². The number of likely N-dealkylation sites (tertiary alicyclic amines) is 1. The van der Waals surface area contributed by atoms with Crippen molar-refractivity contribution < 1.29 is 4.79 Å². The molecule has 0 saturated carbocycles. The van der Waals surface area contributed by atoms with E-state index in [1.165, 1.54) is 0 Å². The standard InChI is InChI=1S/C12H23N3O/c1-10(2)8-14(3)12(16)9-15-6-4-11(13)5-7-15/h11H,1,4-9,13H2,2-3H3. The molecule has 0 atom stereocenters. The Morgan fingerprint density at radius 1 is 1.50 bits per heavy atom. The summed E-state index contributed by atoms with van der Waals surface area (Å²) in [7, 11) is 1.83. The summed E-state index contributed by atoms with van der Waals surface area (Å²) >= 11 is 0. The monoisotopic (exact) mass is 225 g/mol. The van der Waals surface area contributed by atoms with Crippen molar-refractivity contribution in [3.8, 4) is 0 Å². The molecule has 16 heavy (non-hydrogen) atoms. The summed E-state index contributed by atoms with van der Waals surface area (Å²) in [6.07, 6.45) is 2.00. The SMILES string of the molecule is C=C(C)CN(C)C(=O)CN1CCC(N)CC1. The van der Waals surface area contributed by atoms with E-state index in [1.54, 1.807) is 4.90 Å². The van der Waals surface area contributed by atoms with Crippen LogP contribution in [-0.2, 0) is 4.79 Å². The Labute approximate surface area is 98.1 Å². The van der Waals surface area contributed by atoms with Crippen molar-refractivity contribution in [3.63, 3.8) is 0 Å². The minimum Gasteiger partial charge on any atom is -0.341 e. The molecular weight excluding hydrogens is 202 g/mol. The van der Waals surface area contributed by atoms with Crippen LogP contribution in [0.5, 0.6) is 0 Å². The Hall–Kier alpha value is -0.870. The van der Waals surface area contributed by atoms with Gasteiger partial charge in [-0.05, 0) is 19.8 Å². The molecule has 0 unspecified atom stereocenters. The Morgan fingerprint density at radius 2 is 2.06 bits per heavy atom. The van der Waals surface area contributed by atoms with E-state index in [-0.39, 0.29) is 5.91 Å². The van der Waals surface area contributed by atoms with Gasteiger partial charge in [0, 0.05) is 32.7 Å². The predicted octanol–water partition coefficient (Wildman–Crippen LogP) is 0.444. The Bertz CT molecular complexity index is 257. The van der Waals surface area contributed by atoms with Gasteiger partial charge in [-0.15, -0.1) is 0 Å². The van der Waals surface area contributed by atoms with Crippen molar-refractivity contribution in [3.05, 3.63) is 12.2 Å². The number of amides is 1. The first-order valence-electron chi connectivity index (χ1n) is 5.85. The molecule has 0 spiro atoms. The Balaban J connectivity index is 2.31. The predicted molar refractivity (Wildman–Crippen MR) is 66.1 cm³/mol. The fraction of sp³-hybridized carbons (Fsp3) is 0.750. The third kappa shape index (κ3) is 4.33. The van der Waals surface area contributed by atoms with E-state index in [9.17, 15) is 4.79 Å². The smallest absolute Gasteiger partial charge is 0.236 e. The van der Waals surface area contributed by atoms with Crippen molar-refractivity contribution >= 4 is 5.91 Å². The minimum absolute atomic E-state index is 0.165. The summed E-state index contributed by atoms with van der Waals surface area (Å²) in [5, 5.41) is 0. The van der Waals surface area contributed by atoms with Crippen molar-refractivity contribution in [2.24, 2.45) is 5.73 Å². The van der Waals surface area contributed by atoms with Gasteiger partial charge in [-0.1, -0.05) is 12.2 Å². The maximum absolute atomic E-state index is 11.8. The zero-order valence-electron chi connectivity index (χ0n) is 10.4. The van der Waals surface area contributed by atoms with Gasteiger partial charge in [0.15, 0.2) is 0 Å². The van der Waals surface area contributed by atoms with Gasteiger partial charge in [0.05, 0.1) is 6.54 Å². The maximum atomic E-state index is 11.8. The van der Waals surface area contributed by atoms with Gasteiger partial charge in [-0.25, -0.2) is 0 Å². The van der Waals surface area contributed by atoms with Crippen LogP contribution in [0.25, 0.3) is 0 Å².